The second-order valence-corrected chi connectivity index (χ2v) is 5.75. The third kappa shape index (κ3) is 6.36. The first-order valence-corrected chi connectivity index (χ1v) is 7.91. The summed E-state index contributed by atoms with van der Waals surface area (Å²) < 4.78 is 10.6. The first kappa shape index (κ1) is 20.9. The van der Waals surface area contributed by atoms with Crippen LogP contribution in [0.15, 0.2) is 28.8 Å². The van der Waals surface area contributed by atoms with Crippen molar-refractivity contribution in [1.82, 2.24) is 20.8 Å². The van der Waals surface area contributed by atoms with Crippen LogP contribution in [0.1, 0.15) is 37.2 Å². The van der Waals surface area contributed by atoms with Gasteiger partial charge in [0.15, 0.2) is 5.82 Å². The summed E-state index contributed by atoms with van der Waals surface area (Å²) in [7, 11) is 3.51. The van der Waals surface area contributed by atoms with E-state index in [2.05, 4.69) is 20.8 Å². The quantitative estimate of drug-likeness (QED) is 0.741. The van der Waals surface area contributed by atoms with Gasteiger partial charge in [0.2, 0.25) is 11.8 Å². The van der Waals surface area contributed by atoms with Gasteiger partial charge in [0.25, 0.3) is 0 Å². The molecule has 0 aliphatic heterocycles. The molecule has 2 unspecified atom stereocenters. The van der Waals surface area contributed by atoms with Crippen LogP contribution in [-0.2, 0) is 17.6 Å². The summed E-state index contributed by atoms with van der Waals surface area (Å²) in [6, 6.07) is 7.55. The van der Waals surface area contributed by atoms with Crippen molar-refractivity contribution in [2.75, 3.05) is 14.2 Å². The second kappa shape index (κ2) is 10.0. The minimum Gasteiger partial charge on any atom is -0.497 e. The van der Waals surface area contributed by atoms with E-state index in [0.29, 0.717) is 24.6 Å². The summed E-state index contributed by atoms with van der Waals surface area (Å²) in [5.41, 5.74) is 1.01. The molecular formula is C17H25ClN4O3. The number of ether oxygens (including phenoxy) is 1. The van der Waals surface area contributed by atoms with E-state index in [1.165, 1.54) is 6.92 Å². The molecule has 0 fully saturated rings. The van der Waals surface area contributed by atoms with Crippen molar-refractivity contribution in [3.63, 3.8) is 0 Å². The zero-order valence-corrected chi connectivity index (χ0v) is 15.7. The number of hydrogen-bond donors (Lipinski definition) is 2. The van der Waals surface area contributed by atoms with Gasteiger partial charge in [-0.3, -0.25) is 4.79 Å². The number of aromatic nitrogens is 2. The molecule has 138 valence electrons. The number of nitrogens with zero attached hydrogens (tertiary/aromatic N) is 2. The van der Waals surface area contributed by atoms with Crippen LogP contribution in [0, 0.1) is 0 Å². The predicted octanol–water partition coefficient (Wildman–Crippen LogP) is 2.07. The van der Waals surface area contributed by atoms with Crippen LogP contribution in [-0.4, -0.2) is 36.2 Å². The topological polar surface area (TPSA) is 89.3 Å². The molecule has 2 atom stereocenters. The van der Waals surface area contributed by atoms with Crippen molar-refractivity contribution < 1.29 is 14.1 Å². The first-order chi connectivity index (χ1) is 11.5. The molecule has 0 saturated heterocycles. The van der Waals surface area contributed by atoms with E-state index in [-0.39, 0.29) is 30.4 Å². The normalized spacial score (nSPS) is 12.8. The number of rotatable bonds is 8. The molecule has 0 saturated carbocycles. The highest BCUT2D eigenvalue weighted by Gasteiger charge is 2.21. The van der Waals surface area contributed by atoms with Gasteiger partial charge in [0, 0.05) is 25.8 Å². The minimum absolute atomic E-state index is 0. The lowest BCUT2D eigenvalue weighted by atomic mass is 10.1. The third-order valence-electron chi connectivity index (χ3n) is 3.71. The first-order valence-electron chi connectivity index (χ1n) is 7.91. The highest BCUT2D eigenvalue weighted by atomic mass is 35.5. The van der Waals surface area contributed by atoms with Crippen molar-refractivity contribution in [1.29, 1.82) is 0 Å². The van der Waals surface area contributed by atoms with Gasteiger partial charge < -0.3 is 19.9 Å². The van der Waals surface area contributed by atoms with Crippen LogP contribution in [0.4, 0.5) is 0 Å². The summed E-state index contributed by atoms with van der Waals surface area (Å²) >= 11 is 0. The Kier molecular flexibility index (Phi) is 8.37. The molecule has 0 aliphatic rings. The van der Waals surface area contributed by atoms with E-state index in [0.717, 1.165) is 11.3 Å². The molecule has 25 heavy (non-hydrogen) atoms. The number of nitrogens with one attached hydrogen (secondary N) is 2. The standard InChI is InChI=1S/C17H24N4O3.ClH/c1-11(18-3)8-16-20-17(24-21-16)15(19-12(2)22)10-13-6-5-7-14(9-13)23-4;/h5-7,9,11,15,18H,8,10H2,1-4H3,(H,19,22);1H. The van der Waals surface area contributed by atoms with Crippen LogP contribution in [0.5, 0.6) is 5.75 Å². The molecule has 1 heterocycles. The Balaban J connectivity index is 0.00000312. The van der Waals surface area contributed by atoms with Crippen molar-refractivity contribution in [3.05, 3.63) is 41.5 Å². The molecule has 7 nitrogen and oxygen atoms in total. The van der Waals surface area contributed by atoms with Gasteiger partial charge in [0.05, 0.1) is 7.11 Å². The van der Waals surface area contributed by atoms with Crippen LogP contribution < -0.4 is 15.4 Å². The minimum atomic E-state index is -0.374. The molecule has 0 radical (unpaired) electrons. The number of carbonyl (C=O) groups is 1. The molecule has 0 aliphatic carbocycles. The average Bonchev–Trinajstić information content (AvgIpc) is 3.02. The highest BCUT2D eigenvalue weighted by molar-refractivity contribution is 5.85. The maximum atomic E-state index is 11.5. The highest BCUT2D eigenvalue weighted by Crippen LogP contribution is 2.20. The number of amides is 1. The van der Waals surface area contributed by atoms with E-state index in [4.69, 9.17) is 9.26 Å². The smallest absolute Gasteiger partial charge is 0.249 e. The van der Waals surface area contributed by atoms with Crippen LogP contribution >= 0.6 is 12.4 Å². The number of halogens is 1. The fraction of sp³-hybridized carbons (Fsp3) is 0.471. The van der Waals surface area contributed by atoms with Crippen molar-refractivity contribution in [2.24, 2.45) is 0 Å². The summed E-state index contributed by atoms with van der Waals surface area (Å²) in [6.07, 6.45) is 1.20. The Bertz CT molecular complexity index is 677. The lowest BCUT2D eigenvalue weighted by Crippen LogP contribution is -2.28. The number of hydrogen-bond acceptors (Lipinski definition) is 6. The third-order valence-corrected chi connectivity index (χ3v) is 3.71. The lowest BCUT2D eigenvalue weighted by molar-refractivity contribution is -0.119. The summed E-state index contributed by atoms with van der Waals surface area (Å²) in [5, 5.41) is 10.0. The van der Waals surface area contributed by atoms with Gasteiger partial charge in [-0.2, -0.15) is 4.98 Å². The zero-order valence-electron chi connectivity index (χ0n) is 14.9. The van der Waals surface area contributed by atoms with Gasteiger partial charge in [-0.15, -0.1) is 12.4 Å². The molecule has 8 heteroatoms. The molecular weight excluding hydrogens is 344 g/mol. The summed E-state index contributed by atoms with van der Waals surface area (Å²) in [6.45, 7) is 3.51. The second-order valence-electron chi connectivity index (χ2n) is 5.75. The zero-order chi connectivity index (χ0) is 17.5. The summed E-state index contributed by atoms with van der Waals surface area (Å²) in [5.74, 6) is 1.65. The van der Waals surface area contributed by atoms with Crippen LogP contribution in [0.2, 0.25) is 0 Å². The van der Waals surface area contributed by atoms with Crippen molar-refractivity contribution in [2.45, 2.75) is 38.8 Å². The van der Waals surface area contributed by atoms with Gasteiger partial charge in [-0.1, -0.05) is 17.3 Å². The Morgan fingerprint density at radius 3 is 2.76 bits per heavy atom. The van der Waals surface area contributed by atoms with Gasteiger partial charge >= 0.3 is 0 Å². The van der Waals surface area contributed by atoms with E-state index < -0.39 is 0 Å². The van der Waals surface area contributed by atoms with E-state index in [9.17, 15) is 4.79 Å². The maximum absolute atomic E-state index is 11.5. The molecule has 2 aromatic rings. The van der Waals surface area contributed by atoms with Crippen molar-refractivity contribution >= 4 is 18.3 Å². The Morgan fingerprint density at radius 2 is 2.12 bits per heavy atom. The molecule has 0 spiro atoms. The Labute approximate surface area is 153 Å². The van der Waals surface area contributed by atoms with E-state index in [1.54, 1.807) is 7.11 Å². The largest absolute Gasteiger partial charge is 0.497 e. The maximum Gasteiger partial charge on any atom is 0.249 e. The van der Waals surface area contributed by atoms with Crippen LogP contribution in [0.25, 0.3) is 0 Å². The molecule has 2 rings (SSSR count). The Morgan fingerprint density at radius 1 is 1.36 bits per heavy atom. The average molecular weight is 369 g/mol. The number of methoxy groups -OCH3 is 1. The van der Waals surface area contributed by atoms with Crippen LogP contribution in [0.3, 0.4) is 0 Å². The molecule has 0 bridgehead atoms. The molecule has 1 aromatic heterocycles. The molecule has 1 amide bonds. The number of carbonyl (C=O) groups excluding carboxylic acids is 1. The molecule has 1 aromatic carbocycles. The van der Waals surface area contributed by atoms with E-state index >= 15 is 0 Å². The Hall–Kier alpha value is -2.12. The SMILES string of the molecule is CNC(C)Cc1noc(C(Cc2cccc(OC)c2)NC(C)=O)n1.Cl. The van der Waals surface area contributed by atoms with Gasteiger partial charge in [-0.25, -0.2) is 0 Å². The van der Waals surface area contributed by atoms with Gasteiger partial charge in [0.1, 0.15) is 11.8 Å². The number of benzene rings is 1. The van der Waals surface area contributed by atoms with E-state index in [1.807, 2.05) is 38.2 Å². The monoisotopic (exact) mass is 368 g/mol. The fourth-order valence-electron chi connectivity index (χ4n) is 2.35. The molecule has 2 N–H and O–H groups in total. The fourth-order valence-corrected chi connectivity index (χ4v) is 2.35. The number of likely N-dealkylation sites (N-methyl/N-ethyl adjacent to an activating group) is 1. The lowest BCUT2D eigenvalue weighted by Gasteiger charge is -2.14. The summed E-state index contributed by atoms with van der Waals surface area (Å²) in [4.78, 5) is 16.0. The van der Waals surface area contributed by atoms with Gasteiger partial charge in [-0.05, 0) is 31.7 Å². The predicted molar refractivity (Wildman–Crippen MR) is 97.0 cm³/mol. The van der Waals surface area contributed by atoms with Crippen molar-refractivity contribution in [3.8, 4) is 5.75 Å².